The SMILES string of the molecule is OC(c1ccccc1)C1C=CC=CN1. The highest BCUT2D eigenvalue weighted by Crippen LogP contribution is 2.18. The molecule has 1 aliphatic heterocycles. The van der Waals surface area contributed by atoms with E-state index in [0.29, 0.717) is 0 Å². The molecule has 0 spiro atoms. The Balaban J connectivity index is 2.12. The van der Waals surface area contributed by atoms with E-state index in [9.17, 15) is 5.11 Å². The van der Waals surface area contributed by atoms with Gasteiger partial charge in [0, 0.05) is 0 Å². The van der Waals surface area contributed by atoms with Crippen LogP contribution in [0.4, 0.5) is 0 Å². The molecule has 2 unspecified atom stereocenters. The lowest BCUT2D eigenvalue weighted by atomic mass is 10.0. The minimum absolute atomic E-state index is 0.0256. The van der Waals surface area contributed by atoms with E-state index in [0.717, 1.165) is 5.56 Å². The number of dihydropyridines is 1. The first-order valence-electron chi connectivity index (χ1n) is 4.70. The molecular formula is C12H13NO. The molecule has 0 bridgehead atoms. The van der Waals surface area contributed by atoms with Crippen molar-refractivity contribution in [3.05, 3.63) is 60.3 Å². The van der Waals surface area contributed by atoms with Crippen molar-refractivity contribution < 1.29 is 5.11 Å². The van der Waals surface area contributed by atoms with Crippen molar-refractivity contribution >= 4 is 0 Å². The maximum atomic E-state index is 10.00. The molecule has 2 N–H and O–H groups in total. The van der Waals surface area contributed by atoms with E-state index in [1.165, 1.54) is 0 Å². The van der Waals surface area contributed by atoms with Gasteiger partial charge < -0.3 is 10.4 Å². The topological polar surface area (TPSA) is 32.3 Å². The number of hydrogen-bond acceptors (Lipinski definition) is 2. The summed E-state index contributed by atoms with van der Waals surface area (Å²) >= 11 is 0. The van der Waals surface area contributed by atoms with Crippen molar-refractivity contribution in [3.63, 3.8) is 0 Å². The molecule has 0 aliphatic carbocycles. The molecule has 0 saturated carbocycles. The standard InChI is InChI=1S/C12H13NO/c14-12(10-6-2-1-3-7-10)11-8-4-5-9-13-11/h1-9,11-14H. The third kappa shape index (κ3) is 1.86. The Morgan fingerprint density at radius 3 is 2.57 bits per heavy atom. The predicted molar refractivity (Wildman–Crippen MR) is 56.6 cm³/mol. The highest BCUT2D eigenvalue weighted by molar-refractivity contribution is 5.23. The lowest BCUT2D eigenvalue weighted by molar-refractivity contribution is 0.153. The van der Waals surface area contributed by atoms with Crippen LogP contribution in [0.2, 0.25) is 0 Å². The molecular weight excluding hydrogens is 174 g/mol. The number of aliphatic hydroxyl groups excluding tert-OH is 1. The monoisotopic (exact) mass is 187 g/mol. The molecule has 0 saturated heterocycles. The van der Waals surface area contributed by atoms with Crippen molar-refractivity contribution in [1.29, 1.82) is 0 Å². The molecule has 2 atom stereocenters. The maximum Gasteiger partial charge on any atom is 0.103 e. The van der Waals surface area contributed by atoms with Crippen LogP contribution < -0.4 is 5.32 Å². The Hall–Kier alpha value is -1.54. The van der Waals surface area contributed by atoms with Crippen molar-refractivity contribution in [2.75, 3.05) is 0 Å². The van der Waals surface area contributed by atoms with Crippen LogP contribution in [-0.4, -0.2) is 11.1 Å². The zero-order chi connectivity index (χ0) is 9.80. The van der Waals surface area contributed by atoms with Gasteiger partial charge in [-0.15, -0.1) is 0 Å². The molecule has 1 aromatic rings. The lowest BCUT2D eigenvalue weighted by Crippen LogP contribution is -2.30. The smallest absolute Gasteiger partial charge is 0.103 e. The molecule has 0 aromatic heterocycles. The van der Waals surface area contributed by atoms with Gasteiger partial charge in [0.05, 0.1) is 6.04 Å². The highest BCUT2D eigenvalue weighted by Gasteiger charge is 2.17. The summed E-state index contributed by atoms with van der Waals surface area (Å²) in [6.45, 7) is 0. The number of allylic oxidation sites excluding steroid dienone is 2. The first-order chi connectivity index (χ1) is 6.88. The molecule has 1 aliphatic rings. The second-order valence-corrected chi connectivity index (χ2v) is 3.29. The summed E-state index contributed by atoms with van der Waals surface area (Å²) in [7, 11) is 0. The predicted octanol–water partition coefficient (Wildman–Crippen LogP) is 1.76. The van der Waals surface area contributed by atoms with Crippen molar-refractivity contribution in [2.45, 2.75) is 12.1 Å². The maximum absolute atomic E-state index is 10.00. The molecule has 1 aromatic carbocycles. The van der Waals surface area contributed by atoms with Gasteiger partial charge in [-0.1, -0.05) is 42.5 Å². The van der Waals surface area contributed by atoms with Gasteiger partial charge in [-0.2, -0.15) is 0 Å². The van der Waals surface area contributed by atoms with Crippen LogP contribution in [0, 0.1) is 0 Å². The summed E-state index contributed by atoms with van der Waals surface area (Å²) in [5.41, 5.74) is 0.935. The number of hydrogen-bond donors (Lipinski definition) is 2. The molecule has 14 heavy (non-hydrogen) atoms. The molecule has 2 rings (SSSR count). The summed E-state index contributed by atoms with van der Waals surface area (Å²) in [4.78, 5) is 0. The molecule has 2 nitrogen and oxygen atoms in total. The summed E-state index contributed by atoms with van der Waals surface area (Å²) in [5, 5.41) is 13.1. The number of aliphatic hydroxyl groups is 1. The number of benzene rings is 1. The van der Waals surface area contributed by atoms with Crippen LogP contribution in [0.5, 0.6) is 0 Å². The fourth-order valence-electron chi connectivity index (χ4n) is 1.52. The minimum atomic E-state index is -0.489. The molecule has 2 heteroatoms. The lowest BCUT2D eigenvalue weighted by Gasteiger charge is -2.22. The third-order valence-electron chi connectivity index (χ3n) is 2.30. The summed E-state index contributed by atoms with van der Waals surface area (Å²) < 4.78 is 0. The van der Waals surface area contributed by atoms with Gasteiger partial charge in [-0.05, 0) is 17.8 Å². The molecule has 1 heterocycles. The van der Waals surface area contributed by atoms with Gasteiger partial charge in [0.25, 0.3) is 0 Å². The Labute approximate surface area is 83.6 Å². The largest absolute Gasteiger partial charge is 0.386 e. The van der Waals surface area contributed by atoms with Crippen molar-refractivity contribution in [1.82, 2.24) is 5.32 Å². The Morgan fingerprint density at radius 2 is 1.93 bits per heavy atom. The highest BCUT2D eigenvalue weighted by atomic mass is 16.3. The van der Waals surface area contributed by atoms with Crippen LogP contribution >= 0.6 is 0 Å². The van der Waals surface area contributed by atoms with Crippen LogP contribution in [0.15, 0.2) is 54.8 Å². The quantitative estimate of drug-likeness (QED) is 0.739. The van der Waals surface area contributed by atoms with E-state index in [1.54, 1.807) is 0 Å². The Morgan fingerprint density at radius 1 is 1.14 bits per heavy atom. The average Bonchev–Trinajstić information content (AvgIpc) is 2.30. The average molecular weight is 187 g/mol. The van der Waals surface area contributed by atoms with E-state index in [-0.39, 0.29) is 6.04 Å². The Kier molecular flexibility index (Phi) is 2.65. The summed E-state index contributed by atoms with van der Waals surface area (Å²) in [6, 6.07) is 9.64. The van der Waals surface area contributed by atoms with Gasteiger partial charge in [0.15, 0.2) is 0 Å². The zero-order valence-corrected chi connectivity index (χ0v) is 7.80. The van der Waals surface area contributed by atoms with Crippen LogP contribution in [0.3, 0.4) is 0 Å². The van der Waals surface area contributed by atoms with E-state index >= 15 is 0 Å². The molecule has 0 radical (unpaired) electrons. The first-order valence-corrected chi connectivity index (χ1v) is 4.70. The second kappa shape index (κ2) is 4.11. The molecule has 0 fully saturated rings. The Bertz CT molecular complexity index is 343. The number of rotatable bonds is 2. The molecule has 0 amide bonds. The normalized spacial score (nSPS) is 21.6. The second-order valence-electron chi connectivity index (χ2n) is 3.29. The summed E-state index contributed by atoms with van der Waals surface area (Å²) in [6.07, 6.45) is 7.16. The summed E-state index contributed by atoms with van der Waals surface area (Å²) in [5.74, 6) is 0. The van der Waals surface area contributed by atoms with E-state index in [1.807, 2.05) is 54.8 Å². The van der Waals surface area contributed by atoms with Crippen molar-refractivity contribution in [3.8, 4) is 0 Å². The fraction of sp³-hybridized carbons (Fsp3) is 0.167. The van der Waals surface area contributed by atoms with Gasteiger partial charge >= 0.3 is 0 Å². The van der Waals surface area contributed by atoms with E-state index in [2.05, 4.69) is 5.32 Å². The number of nitrogens with one attached hydrogen (secondary N) is 1. The molecule has 72 valence electrons. The van der Waals surface area contributed by atoms with Crippen LogP contribution in [0.1, 0.15) is 11.7 Å². The third-order valence-corrected chi connectivity index (χ3v) is 2.30. The van der Waals surface area contributed by atoms with Gasteiger partial charge in [0.1, 0.15) is 6.10 Å². The fourth-order valence-corrected chi connectivity index (χ4v) is 1.52. The minimum Gasteiger partial charge on any atom is -0.386 e. The van der Waals surface area contributed by atoms with Gasteiger partial charge in [0.2, 0.25) is 0 Å². The van der Waals surface area contributed by atoms with Gasteiger partial charge in [-0.3, -0.25) is 0 Å². The van der Waals surface area contributed by atoms with Crippen LogP contribution in [-0.2, 0) is 0 Å². The van der Waals surface area contributed by atoms with Crippen LogP contribution in [0.25, 0.3) is 0 Å². The van der Waals surface area contributed by atoms with Crippen molar-refractivity contribution in [2.24, 2.45) is 0 Å². The zero-order valence-electron chi connectivity index (χ0n) is 7.80. The van der Waals surface area contributed by atoms with E-state index < -0.39 is 6.10 Å². The van der Waals surface area contributed by atoms with E-state index in [4.69, 9.17) is 0 Å². The van der Waals surface area contributed by atoms with Gasteiger partial charge in [-0.25, -0.2) is 0 Å². The first kappa shape index (κ1) is 9.03.